The molecular formula is C74H141NO8P+. The largest absolute Gasteiger partial charge is 0.472 e. The third kappa shape index (κ3) is 69.1. The Morgan fingerprint density at radius 3 is 0.964 bits per heavy atom. The Kier molecular flexibility index (Phi) is 63.8. The van der Waals surface area contributed by atoms with Gasteiger partial charge in [0.2, 0.25) is 0 Å². The minimum absolute atomic E-state index is 0.0296. The molecular weight excluding hydrogens is 1060 g/mol. The number of phosphoric ester groups is 1. The summed E-state index contributed by atoms with van der Waals surface area (Å²) in [5, 5.41) is 0. The highest BCUT2D eigenvalue weighted by Gasteiger charge is 2.27. The van der Waals surface area contributed by atoms with Crippen molar-refractivity contribution >= 4 is 19.8 Å². The molecule has 494 valence electrons. The predicted molar refractivity (Wildman–Crippen MR) is 363 cm³/mol. The maximum atomic E-state index is 12.8. The summed E-state index contributed by atoms with van der Waals surface area (Å²) < 4.78 is 34.7. The number of esters is 2. The van der Waals surface area contributed by atoms with Crippen LogP contribution in [-0.2, 0) is 32.7 Å². The highest BCUT2D eigenvalue weighted by Crippen LogP contribution is 2.43. The first-order valence-electron chi connectivity index (χ1n) is 36.4. The number of carbonyl (C=O) groups excluding carboxylic acids is 2. The van der Waals surface area contributed by atoms with Crippen molar-refractivity contribution in [3.63, 3.8) is 0 Å². The van der Waals surface area contributed by atoms with Crippen molar-refractivity contribution in [2.45, 2.75) is 367 Å². The van der Waals surface area contributed by atoms with Crippen molar-refractivity contribution in [1.82, 2.24) is 0 Å². The molecule has 0 rings (SSSR count). The second-order valence-corrected chi connectivity index (χ2v) is 27.4. The summed E-state index contributed by atoms with van der Waals surface area (Å²) in [7, 11) is 1.48. The van der Waals surface area contributed by atoms with Gasteiger partial charge in [0.05, 0.1) is 27.7 Å². The summed E-state index contributed by atoms with van der Waals surface area (Å²) >= 11 is 0. The normalized spacial score (nSPS) is 13.4. The number of likely N-dealkylation sites (N-methyl/N-ethyl adjacent to an activating group) is 1. The molecule has 0 fully saturated rings. The maximum absolute atomic E-state index is 12.8. The second kappa shape index (κ2) is 65.4. The van der Waals surface area contributed by atoms with Gasteiger partial charge in [-0.2, -0.15) is 0 Å². The fourth-order valence-corrected chi connectivity index (χ4v) is 11.5. The van der Waals surface area contributed by atoms with Crippen molar-refractivity contribution in [2.24, 2.45) is 0 Å². The van der Waals surface area contributed by atoms with Crippen LogP contribution in [0.15, 0.2) is 48.6 Å². The molecule has 0 aromatic rings. The van der Waals surface area contributed by atoms with Gasteiger partial charge in [-0.1, -0.05) is 319 Å². The number of carbonyl (C=O) groups is 2. The van der Waals surface area contributed by atoms with E-state index in [9.17, 15) is 19.0 Å². The smallest absolute Gasteiger partial charge is 0.462 e. The van der Waals surface area contributed by atoms with Gasteiger partial charge in [-0.05, 0) is 77.0 Å². The third-order valence-electron chi connectivity index (χ3n) is 16.3. The molecule has 84 heavy (non-hydrogen) atoms. The van der Waals surface area contributed by atoms with Crippen LogP contribution in [0.3, 0.4) is 0 Å². The lowest BCUT2D eigenvalue weighted by Gasteiger charge is -2.24. The molecule has 0 saturated carbocycles. The summed E-state index contributed by atoms with van der Waals surface area (Å²) in [5.41, 5.74) is 0. The Hall–Kier alpha value is -2.03. The monoisotopic (exact) mass is 1200 g/mol. The molecule has 2 unspecified atom stereocenters. The average molecular weight is 1200 g/mol. The Balaban J connectivity index is 3.91. The zero-order valence-corrected chi connectivity index (χ0v) is 57.3. The van der Waals surface area contributed by atoms with Crippen LogP contribution >= 0.6 is 7.82 Å². The van der Waals surface area contributed by atoms with Gasteiger partial charge in [-0.25, -0.2) is 4.57 Å². The first-order valence-corrected chi connectivity index (χ1v) is 37.9. The van der Waals surface area contributed by atoms with Crippen molar-refractivity contribution < 1.29 is 42.1 Å². The molecule has 0 aliphatic heterocycles. The lowest BCUT2D eigenvalue weighted by Crippen LogP contribution is -2.37. The van der Waals surface area contributed by atoms with Crippen molar-refractivity contribution in [3.8, 4) is 0 Å². The Bertz CT molecular complexity index is 1560. The fraction of sp³-hybridized carbons (Fsp3) is 0.865. The maximum Gasteiger partial charge on any atom is 0.472 e. The van der Waals surface area contributed by atoms with Gasteiger partial charge in [0.25, 0.3) is 0 Å². The molecule has 0 spiro atoms. The van der Waals surface area contributed by atoms with Crippen LogP contribution < -0.4 is 0 Å². The molecule has 0 aromatic carbocycles. The first kappa shape index (κ1) is 82.0. The first-order chi connectivity index (χ1) is 41.0. The van der Waals surface area contributed by atoms with Crippen molar-refractivity contribution in [1.29, 1.82) is 0 Å². The van der Waals surface area contributed by atoms with E-state index in [0.717, 1.165) is 70.6 Å². The molecule has 0 aliphatic carbocycles. The van der Waals surface area contributed by atoms with Crippen LogP contribution in [0.4, 0.5) is 0 Å². The van der Waals surface area contributed by atoms with E-state index < -0.39 is 26.5 Å². The number of unbranched alkanes of at least 4 members (excludes halogenated alkanes) is 46. The van der Waals surface area contributed by atoms with Gasteiger partial charge < -0.3 is 18.9 Å². The van der Waals surface area contributed by atoms with E-state index in [1.807, 2.05) is 21.1 Å². The van der Waals surface area contributed by atoms with E-state index in [-0.39, 0.29) is 32.0 Å². The average Bonchev–Trinajstić information content (AvgIpc) is 3.61. The van der Waals surface area contributed by atoms with Gasteiger partial charge >= 0.3 is 19.8 Å². The Labute approximate surface area is 522 Å². The van der Waals surface area contributed by atoms with Crippen LogP contribution in [-0.4, -0.2) is 74.9 Å². The quantitative estimate of drug-likeness (QED) is 0.0211. The van der Waals surface area contributed by atoms with E-state index in [0.29, 0.717) is 17.4 Å². The molecule has 0 aliphatic rings. The summed E-state index contributed by atoms with van der Waals surface area (Å²) in [6.07, 6.45) is 85.3. The van der Waals surface area contributed by atoms with Crippen LogP contribution in [0.5, 0.6) is 0 Å². The molecule has 0 saturated heterocycles. The molecule has 10 heteroatoms. The molecule has 0 aromatic heterocycles. The summed E-state index contributed by atoms with van der Waals surface area (Å²) in [4.78, 5) is 35.8. The number of quaternary nitrogens is 1. The van der Waals surface area contributed by atoms with Gasteiger partial charge in [-0.3, -0.25) is 18.6 Å². The number of nitrogens with zero attached hydrogens (tertiary/aromatic N) is 1. The zero-order chi connectivity index (χ0) is 61.2. The molecule has 1 N–H and O–H groups in total. The second-order valence-electron chi connectivity index (χ2n) is 26.0. The minimum Gasteiger partial charge on any atom is -0.462 e. The third-order valence-corrected chi connectivity index (χ3v) is 17.3. The predicted octanol–water partition coefficient (Wildman–Crippen LogP) is 23.6. The molecule has 0 heterocycles. The topological polar surface area (TPSA) is 108 Å². The fourth-order valence-electron chi connectivity index (χ4n) is 10.7. The van der Waals surface area contributed by atoms with Crippen molar-refractivity contribution in [2.75, 3.05) is 47.5 Å². The lowest BCUT2D eigenvalue weighted by atomic mass is 10.0. The van der Waals surface area contributed by atoms with Gasteiger partial charge in [0, 0.05) is 12.8 Å². The van der Waals surface area contributed by atoms with Gasteiger partial charge in [-0.15, -0.1) is 0 Å². The van der Waals surface area contributed by atoms with E-state index in [1.54, 1.807) is 0 Å². The van der Waals surface area contributed by atoms with E-state index in [2.05, 4.69) is 62.5 Å². The SMILES string of the molecule is CCCCCCC/C=C\C/C=C\C/C=C\CCCCCCCCC(=O)OC(COC(=O)CCCCCCCCCCCCCCCCCCCCCCCCCCCCC/C=C\CCCCCCCCCC)COP(=O)(O)OCC[N+](C)(C)C. The number of phosphoric acid groups is 1. The van der Waals surface area contributed by atoms with Crippen LogP contribution in [0, 0.1) is 0 Å². The summed E-state index contributed by atoms with van der Waals surface area (Å²) in [5.74, 6) is -0.796. The van der Waals surface area contributed by atoms with Gasteiger partial charge in [0.15, 0.2) is 6.10 Å². The summed E-state index contributed by atoms with van der Waals surface area (Å²) in [6, 6.07) is 0. The molecule has 9 nitrogen and oxygen atoms in total. The highest BCUT2D eigenvalue weighted by molar-refractivity contribution is 7.47. The number of rotatable bonds is 68. The molecule has 0 radical (unpaired) electrons. The Morgan fingerprint density at radius 2 is 0.643 bits per heavy atom. The van der Waals surface area contributed by atoms with E-state index >= 15 is 0 Å². The van der Waals surface area contributed by atoms with Gasteiger partial charge in [0.1, 0.15) is 19.8 Å². The lowest BCUT2D eigenvalue weighted by molar-refractivity contribution is -0.870. The number of hydrogen-bond acceptors (Lipinski definition) is 7. The van der Waals surface area contributed by atoms with Crippen molar-refractivity contribution in [3.05, 3.63) is 48.6 Å². The zero-order valence-electron chi connectivity index (χ0n) is 56.4. The van der Waals surface area contributed by atoms with Crippen LogP contribution in [0.2, 0.25) is 0 Å². The molecule has 0 amide bonds. The Morgan fingerprint density at radius 1 is 0.369 bits per heavy atom. The van der Waals surface area contributed by atoms with Crippen LogP contribution in [0.25, 0.3) is 0 Å². The number of allylic oxidation sites excluding steroid dienone is 8. The molecule has 2 atom stereocenters. The number of hydrogen-bond donors (Lipinski definition) is 1. The highest BCUT2D eigenvalue weighted by atomic mass is 31.2. The van der Waals surface area contributed by atoms with Crippen LogP contribution in [0.1, 0.15) is 361 Å². The summed E-state index contributed by atoms with van der Waals surface area (Å²) in [6.45, 7) is 4.46. The molecule has 0 bridgehead atoms. The number of ether oxygens (including phenoxy) is 2. The minimum atomic E-state index is -4.39. The standard InChI is InChI=1S/C74H140NO8P/c1-6-8-10-12-14-16-18-20-22-24-26-28-29-30-31-32-33-34-35-36-37-38-39-40-41-42-43-44-45-47-48-50-52-54-56-58-60-62-64-66-73(76)80-70-72(71-82-84(78,79)81-69-68-75(3,4)5)83-74(77)67-65-63-61-59-57-55-53-51-49-46-27-25-23-21-19-17-15-13-11-9-7-2/h19,21,24-27,49,51,72H,6-18,20,22-23,28-48,50,52-71H2,1-5H3/p+1/b21-19-,26-24-,27-25-,51-49-. The van der Waals surface area contributed by atoms with E-state index in [4.69, 9.17) is 18.5 Å². The van der Waals surface area contributed by atoms with E-state index in [1.165, 1.54) is 257 Å².